The fraction of sp³-hybridized carbons (Fsp3) is 0.500. The molecule has 0 fully saturated rings. The van der Waals surface area contributed by atoms with Gasteiger partial charge in [0.1, 0.15) is 24.7 Å². The van der Waals surface area contributed by atoms with Crippen LogP contribution in [0.25, 0.3) is 0 Å². The normalized spacial score (nSPS) is 16.4. The molecular formula is C16H21NO7. The monoisotopic (exact) mass is 339 g/mol. The Morgan fingerprint density at radius 3 is 2.79 bits per heavy atom. The van der Waals surface area contributed by atoms with Crippen LogP contribution < -0.4 is 4.74 Å². The number of hydrogen-bond acceptors (Lipinski definition) is 8. The SMILES string of the molecule is COCCOCCOc1ccc(C2=NC(C(=O)OC)CO2)c(O)c1. The molecule has 1 aromatic rings. The van der Waals surface area contributed by atoms with E-state index in [4.69, 9.17) is 18.9 Å². The molecule has 1 unspecified atom stereocenters. The summed E-state index contributed by atoms with van der Waals surface area (Å²) < 4.78 is 25.6. The van der Waals surface area contributed by atoms with Crippen molar-refractivity contribution in [3.8, 4) is 11.5 Å². The van der Waals surface area contributed by atoms with Gasteiger partial charge in [-0.15, -0.1) is 0 Å². The topological polar surface area (TPSA) is 95.8 Å². The maximum Gasteiger partial charge on any atom is 0.334 e. The van der Waals surface area contributed by atoms with Crippen molar-refractivity contribution in [2.24, 2.45) is 4.99 Å². The summed E-state index contributed by atoms with van der Waals surface area (Å²) in [6, 6.07) is 4.06. The zero-order valence-electron chi connectivity index (χ0n) is 13.7. The van der Waals surface area contributed by atoms with E-state index in [9.17, 15) is 9.90 Å². The number of aromatic hydroxyl groups is 1. The lowest BCUT2D eigenvalue weighted by Gasteiger charge is -2.09. The highest BCUT2D eigenvalue weighted by Crippen LogP contribution is 2.26. The van der Waals surface area contributed by atoms with Gasteiger partial charge >= 0.3 is 5.97 Å². The van der Waals surface area contributed by atoms with Crippen LogP contribution >= 0.6 is 0 Å². The van der Waals surface area contributed by atoms with Crippen LogP contribution in [0.15, 0.2) is 23.2 Å². The number of methoxy groups -OCH3 is 2. The van der Waals surface area contributed by atoms with Crippen LogP contribution in [0.3, 0.4) is 0 Å². The number of nitrogens with zero attached hydrogens (tertiary/aromatic N) is 1. The summed E-state index contributed by atoms with van der Waals surface area (Å²) >= 11 is 0. The van der Waals surface area contributed by atoms with E-state index in [2.05, 4.69) is 9.73 Å². The largest absolute Gasteiger partial charge is 0.507 e. The van der Waals surface area contributed by atoms with Crippen molar-refractivity contribution in [1.82, 2.24) is 0 Å². The predicted molar refractivity (Wildman–Crippen MR) is 84.6 cm³/mol. The zero-order chi connectivity index (χ0) is 17.4. The Labute approximate surface area is 139 Å². The van der Waals surface area contributed by atoms with Crippen molar-refractivity contribution in [3.05, 3.63) is 23.8 Å². The van der Waals surface area contributed by atoms with E-state index >= 15 is 0 Å². The van der Waals surface area contributed by atoms with Gasteiger partial charge in [0.15, 0.2) is 6.04 Å². The molecule has 1 atom stereocenters. The van der Waals surface area contributed by atoms with Crippen molar-refractivity contribution in [1.29, 1.82) is 0 Å². The number of phenolic OH excluding ortho intramolecular Hbond substituents is 1. The van der Waals surface area contributed by atoms with Crippen molar-refractivity contribution in [2.45, 2.75) is 6.04 Å². The highest BCUT2D eigenvalue weighted by molar-refractivity contribution is 5.99. The maximum absolute atomic E-state index is 11.4. The van der Waals surface area contributed by atoms with E-state index in [1.807, 2.05) is 0 Å². The van der Waals surface area contributed by atoms with E-state index in [1.165, 1.54) is 13.2 Å². The third-order valence-corrected chi connectivity index (χ3v) is 3.25. The lowest BCUT2D eigenvalue weighted by Crippen LogP contribution is -2.21. The zero-order valence-corrected chi connectivity index (χ0v) is 13.7. The molecule has 0 bridgehead atoms. The van der Waals surface area contributed by atoms with Gasteiger partial charge in [-0.25, -0.2) is 9.79 Å². The van der Waals surface area contributed by atoms with Gasteiger partial charge in [-0.05, 0) is 12.1 Å². The number of benzene rings is 1. The molecule has 0 aliphatic carbocycles. The highest BCUT2D eigenvalue weighted by atomic mass is 16.5. The van der Waals surface area contributed by atoms with Crippen LogP contribution in [0.2, 0.25) is 0 Å². The Balaban J connectivity index is 1.89. The molecule has 2 rings (SSSR count). The van der Waals surface area contributed by atoms with Gasteiger partial charge in [-0.2, -0.15) is 0 Å². The smallest absolute Gasteiger partial charge is 0.334 e. The van der Waals surface area contributed by atoms with Gasteiger partial charge in [-0.3, -0.25) is 0 Å². The van der Waals surface area contributed by atoms with Crippen molar-refractivity contribution < 1.29 is 33.6 Å². The molecule has 132 valence electrons. The third-order valence-electron chi connectivity index (χ3n) is 3.25. The molecule has 0 aromatic heterocycles. The minimum absolute atomic E-state index is 0.0444. The molecular weight excluding hydrogens is 318 g/mol. The Morgan fingerprint density at radius 2 is 2.08 bits per heavy atom. The fourth-order valence-corrected chi connectivity index (χ4v) is 2.02. The standard InChI is InChI=1S/C16H21NO7/c1-20-5-6-22-7-8-23-11-3-4-12(14(18)9-11)15-17-13(10-24-15)16(19)21-2/h3-4,9,13,18H,5-8,10H2,1-2H3. The first-order chi connectivity index (χ1) is 11.7. The first-order valence-corrected chi connectivity index (χ1v) is 7.47. The molecule has 0 saturated heterocycles. The molecule has 0 radical (unpaired) electrons. The first-order valence-electron chi connectivity index (χ1n) is 7.47. The molecule has 0 spiro atoms. The maximum atomic E-state index is 11.4. The number of aliphatic imine (C=N–C) groups is 1. The van der Waals surface area contributed by atoms with Crippen LogP contribution in [0, 0.1) is 0 Å². The molecule has 0 saturated carbocycles. The lowest BCUT2D eigenvalue weighted by atomic mass is 10.2. The van der Waals surface area contributed by atoms with Gasteiger partial charge in [0.25, 0.3) is 0 Å². The molecule has 1 aromatic carbocycles. The van der Waals surface area contributed by atoms with Crippen LogP contribution in [-0.4, -0.2) is 70.3 Å². The number of hydrogen-bond donors (Lipinski definition) is 1. The van der Waals surface area contributed by atoms with E-state index < -0.39 is 12.0 Å². The molecule has 24 heavy (non-hydrogen) atoms. The number of rotatable bonds is 9. The van der Waals surface area contributed by atoms with Gasteiger partial charge in [-0.1, -0.05) is 0 Å². The Kier molecular flexibility index (Phi) is 6.83. The van der Waals surface area contributed by atoms with Gasteiger partial charge in [0.2, 0.25) is 5.90 Å². The number of esters is 1. The van der Waals surface area contributed by atoms with E-state index in [-0.39, 0.29) is 18.3 Å². The minimum Gasteiger partial charge on any atom is -0.507 e. The fourth-order valence-electron chi connectivity index (χ4n) is 2.02. The Hall–Kier alpha value is -2.32. The number of carbonyl (C=O) groups is 1. The highest BCUT2D eigenvalue weighted by Gasteiger charge is 2.28. The average molecular weight is 339 g/mol. The quantitative estimate of drug-likeness (QED) is 0.524. The van der Waals surface area contributed by atoms with Crippen molar-refractivity contribution in [3.63, 3.8) is 0 Å². The molecule has 1 aliphatic heterocycles. The van der Waals surface area contributed by atoms with Crippen LogP contribution in [0.4, 0.5) is 0 Å². The van der Waals surface area contributed by atoms with Gasteiger partial charge in [0.05, 0.1) is 32.5 Å². The average Bonchev–Trinajstić information content (AvgIpc) is 3.07. The summed E-state index contributed by atoms with van der Waals surface area (Å²) in [6.45, 7) is 1.90. The first kappa shape index (κ1) is 18.0. The predicted octanol–water partition coefficient (Wildman–Crippen LogP) is 0.752. The molecule has 8 nitrogen and oxygen atoms in total. The number of ether oxygens (including phenoxy) is 5. The summed E-state index contributed by atoms with van der Waals surface area (Å²) in [5.41, 5.74) is 0.394. The summed E-state index contributed by atoms with van der Waals surface area (Å²) in [5.74, 6) is 0.182. The van der Waals surface area contributed by atoms with Gasteiger partial charge in [0, 0.05) is 13.2 Å². The summed E-state index contributed by atoms with van der Waals surface area (Å²) in [4.78, 5) is 15.5. The van der Waals surface area contributed by atoms with Crippen LogP contribution in [-0.2, 0) is 23.7 Å². The molecule has 1 N–H and O–H groups in total. The van der Waals surface area contributed by atoms with E-state index in [1.54, 1.807) is 19.2 Å². The Morgan fingerprint density at radius 1 is 1.29 bits per heavy atom. The second kappa shape index (κ2) is 9.09. The van der Waals surface area contributed by atoms with E-state index in [0.29, 0.717) is 37.7 Å². The molecule has 1 heterocycles. The van der Waals surface area contributed by atoms with E-state index in [0.717, 1.165) is 0 Å². The third kappa shape index (κ3) is 4.84. The lowest BCUT2D eigenvalue weighted by molar-refractivity contribution is -0.142. The van der Waals surface area contributed by atoms with Crippen molar-refractivity contribution >= 4 is 11.9 Å². The second-order valence-electron chi connectivity index (χ2n) is 4.92. The van der Waals surface area contributed by atoms with Crippen molar-refractivity contribution in [2.75, 3.05) is 47.3 Å². The number of carbonyl (C=O) groups excluding carboxylic acids is 1. The molecule has 8 heteroatoms. The molecule has 1 aliphatic rings. The molecule has 0 amide bonds. The number of phenols is 1. The summed E-state index contributed by atoms with van der Waals surface area (Å²) in [6.07, 6.45) is 0. The van der Waals surface area contributed by atoms with Gasteiger partial charge < -0.3 is 28.8 Å². The second-order valence-corrected chi connectivity index (χ2v) is 4.92. The summed E-state index contributed by atoms with van der Waals surface area (Å²) in [5, 5.41) is 10.1. The van der Waals surface area contributed by atoms with Crippen LogP contribution in [0.1, 0.15) is 5.56 Å². The van der Waals surface area contributed by atoms with Crippen LogP contribution in [0.5, 0.6) is 11.5 Å². The summed E-state index contributed by atoms with van der Waals surface area (Å²) in [7, 11) is 2.90. The minimum atomic E-state index is -0.704. The Bertz CT molecular complexity index is 588.